The number of ether oxygens (including phenoxy) is 1. The number of rotatable bonds is 3. The van der Waals surface area contributed by atoms with Gasteiger partial charge in [-0.25, -0.2) is 0 Å². The van der Waals surface area contributed by atoms with E-state index in [4.69, 9.17) is 4.74 Å². The van der Waals surface area contributed by atoms with Crippen LogP contribution in [0.1, 0.15) is 31.1 Å². The molecule has 1 atom stereocenters. The maximum atomic E-state index is 10.7. The van der Waals surface area contributed by atoms with Crippen molar-refractivity contribution in [1.29, 1.82) is 0 Å². The fourth-order valence-corrected chi connectivity index (χ4v) is 2.46. The molecule has 1 aliphatic rings. The van der Waals surface area contributed by atoms with Crippen LogP contribution < -0.4 is 0 Å². The van der Waals surface area contributed by atoms with E-state index in [1.807, 2.05) is 13.0 Å². The molecule has 0 radical (unpaired) electrons. The van der Waals surface area contributed by atoms with Crippen LogP contribution in [0.5, 0.6) is 0 Å². The fourth-order valence-electron chi connectivity index (χ4n) is 2.46. The van der Waals surface area contributed by atoms with Crippen molar-refractivity contribution in [2.45, 2.75) is 32.4 Å². The van der Waals surface area contributed by atoms with Gasteiger partial charge in [-0.1, -0.05) is 0 Å². The third-order valence-electron chi connectivity index (χ3n) is 3.87. The van der Waals surface area contributed by atoms with E-state index >= 15 is 0 Å². The van der Waals surface area contributed by atoms with Gasteiger partial charge in [0.2, 0.25) is 0 Å². The van der Waals surface area contributed by atoms with Gasteiger partial charge in [0, 0.05) is 36.6 Å². The van der Waals surface area contributed by atoms with E-state index in [0.717, 1.165) is 37.4 Å². The van der Waals surface area contributed by atoms with Gasteiger partial charge in [-0.3, -0.25) is 9.88 Å². The number of hydrogen-bond acceptors (Lipinski definition) is 4. The molecule has 4 heteroatoms. The smallest absolute Gasteiger partial charge is 0.0985 e. The topological polar surface area (TPSA) is 45.6 Å². The Bertz CT molecular complexity index is 401. The Labute approximate surface area is 109 Å². The monoisotopic (exact) mass is 250 g/mol. The van der Waals surface area contributed by atoms with Crippen molar-refractivity contribution in [3.8, 4) is 0 Å². The summed E-state index contributed by atoms with van der Waals surface area (Å²) in [5.41, 5.74) is 1.69. The lowest BCUT2D eigenvalue weighted by molar-refractivity contribution is -0.0633. The molecular weight excluding hydrogens is 228 g/mol. The van der Waals surface area contributed by atoms with Gasteiger partial charge in [0.25, 0.3) is 0 Å². The highest BCUT2D eigenvalue weighted by atomic mass is 16.5. The largest absolute Gasteiger partial charge is 0.386 e. The van der Waals surface area contributed by atoms with Crippen LogP contribution in [0.15, 0.2) is 18.5 Å². The maximum Gasteiger partial charge on any atom is 0.0985 e. The summed E-state index contributed by atoms with van der Waals surface area (Å²) in [6.07, 6.45) is 2.99. The summed E-state index contributed by atoms with van der Waals surface area (Å²) in [6.45, 7) is 9.37. The van der Waals surface area contributed by atoms with E-state index in [1.165, 1.54) is 0 Å². The average molecular weight is 250 g/mol. The highest BCUT2D eigenvalue weighted by Gasteiger charge is 2.36. The molecule has 1 aliphatic heterocycles. The molecule has 2 rings (SSSR count). The molecule has 0 aliphatic carbocycles. The van der Waals surface area contributed by atoms with Gasteiger partial charge in [-0.05, 0) is 32.4 Å². The first-order valence-electron chi connectivity index (χ1n) is 6.45. The number of pyridine rings is 1. The van der Waals surface area contributed by atoms with E-state index in [1.54, 1.807) is 12.4 Å². The van der Waals surface area contributed by atoms with Crippen molar-refractivity contribution in [3.05, 3.63) is 29.6 Å². The molecule has 1 N–H and O–H groups in total. The summed E-state index contributed by atoms with van der Waals surface area (Å²) in [4.78, 5) is 6.41. The summed E-state index contributed by atoms with van der Waals surface area (Å²) < 4.78 is 5.37. The van der Waals surface area contributed by atoms with E-state index in [9.17, 15) is 5.11 Å². The minimum atomic E-state index is -0.538. The van der Waals surface area contributed by atoms with Gasteiger partial charge < -0.3 is 9.84 Å². The molecule has 0 spiro atoms. The first-order chi connectivity index (χ1) is 8.53. The molecule has 0 saturated carbocycles. The lowest BCUT2D eigenvalue weighted by Gasteiger charge is -2.44. The van der Waals surface area contributed by atoms with Crippen molar-refractivity contribution in [2.75, 3.05) is 26.3 Å². The van der Waals surface area contributed by atoms with Crippen LogP contribution in [0.4, 0.5) is 0 Å². The number of nitrogens with zero attached hydrogens (tertiary/aromatic N) is 2. The Balaban J connectivity index is 2.20. The van der Waals surface area contributed by atoms with Crippen LogP contribution in [-0.4, -0.2) is 46.8 Å². The maximum absolute atomic E-state index is 10.7. The minimum absolute atomic E-state index is 0.308. The third kappa shape index (κ3) is 2.55. The van der Waals surface area contributed by atoms with Gasteiger partial charge in [0.05, 0.1) is 19.3 Å². The van der Waals surface area contributed by atoms with Crippen molar-refractivity contribution in [2.24, 2.45) is 0 Å². The molecule has 1 aromatic rings. The van der Waals surface area contributed by atoms with E-state index in [0.29, 0.717) is 0 Å². The van der Waals surface area contributed by atoms with Gasteiger partial charge in [0.15, 0.2) is 0 Å². The molecule has 1 aromatic heterocycles. The van der Waals surface area contributed by atoms with E-state index in [2.05, 4.69) is 23.7 Å². The second-order valence-electron chi connectivity index (χ2n) is 5.39. The van der Waals surface area contributed by atoms with Crippen LogP contribution in [0.3, 0.4) is 0 Å². The van der Waals surface area contributed by atoms with Crippen LogP contribution in [0.2, 0.25) is 0 Å². The molecule has 1 unspecified atom stereocenters. The van der Waals surface area contributed by atoms with E-state index in [-0.39, 0.29) is 5.54 Å². The summed E-state index contributed by atoms with van der Waals surface area (Å²) in [5, 5.41) is 10.7. The van der Waals surface area contributed by atoms with Gasteiger partial charge in [-0.15, -0.1) is 0 Å². The van der Waals surface area contributed by atoms with Crippen molar-refractivity contribution >= 4 is 0 Å². The summed E-state index contributed by atoms with van der Waals surface area (Å²) in [7, 11) is 0. The fraction of sp³-hybridized carbons (Fsp3) is 0.643. The predicted octanol–water partition coefficient (Wildman–Crippen LogP) is 1.53. The predicted molar refractivity (Wildman–Crippen MR) is 70.4 cm³/mol. The lowest BCUT2D eigenvalue weighted by atomic mass is 9.88. The van der Waals surface area contributed by atoms with Crippen LogP contribution in [-0.2, 0) is 4.74 Å². The van der Waals surface area contributed by atoms with Crippen molar-refractivity contribution < 1.29 is 9.84 Å². The Morgan fingerprint density at radius 1 is 1.39 bits per heavy atom. The SMILES string of the molecule is Cc1ccncc1C(O)C(C)(C)N1CCOCC1. The summed E-state index contributed by atoms with van der Waals surface area (Å²) in [6, 6.07) is 1.94. The minimum Gasteiger partial charge on any atom is -0.386 e. The summed E-state index contributed by atoms with van der Waals surface area (Å²) >= 11 is 0. The number of aliphatic hydroxyl groups is 1. The van der Waals surface area contributed by atoms with Crippen molar-refractivity contribution in [3.63, 3.8) is 0 Å². The molecule has 0 aromatic carbocycles. The molecule has 18 heavy (non-hydrogen) atoms. The Morgan fingerprint density at radius 2 is 2.06 bits per heavy atom. The molecule has 0 amide bonds. The number of aliphatic hydroxyl groups excluding tert-OH is 1. The number of hydrogen-bond donors (Lipinski definition) is 1. The normalized spacial score (nSPS) is 19.8. The molecule has 0 bridgehead atoms. The second kappa shape index (κ2) is 5.34. The standard InChI is InChI=1S/C14H22N2O2/c1-11-4-5-15-10-12(11)13(17)14(2,3)16-6-8-18-9-7-16/h4-5,10,13,17H,6-9H2,1-3H3. The molecule has 4 nitrogen and oxygen atoms in total. The quantitative estimate of drug-likeness (QED) is 0.884. The van der Waals surface area contributed by atoms with Gasteiger partial charge >= 0.3 is 0 Å². The van der Waals surface area contributed by atoms with Crippen molar-refractivity contribution in [1.82, 2.24) is 9.88 Å². The Morgan fingerprint density at radius 3 is 2.67 bits per heavy atom. The highest BCUT2D eigenvalue weighted by Crippen LogP contribution is 2.32. The zero-order chi connectivity index (χ0) is 13.2. The Kier molecular flexibility index (Phi) is 4.00. The van der Waals surface area contributed by atoms with Crippen LogP contribution in [0.25, 0.3) is 0 Å². The van der Waals surface area contributed by atoms with Gasteiger partial charge in [0.1, 0.15) is 0 Å². The molecule has 1 fully saturated rings. The molecule has 1 saturated heterocycles. The molecule has 100 valence electrons. The van der Waals surface area contributed by atoms with Crippen LogP contribution in [0, 0.1) is 6.92 Å². The van der Waals surface area contributed by atoms with Gasteiger partial charge in [-0.2, -0.15) is 0 Å². The first kappa shape index (κ1) is 13.5. The lowest BCUT2D eigenvalue weighted by Crippen LogP contribution is -2.53. The molecule has 2 heterocycles. The number of morpholine rings is 1. The zero-order valence-electron chi connectivity index (χ0n) is 11.4. The zero-order valence-corrected chi connectivity index (χ0v) is 11.4. The average Bonchev–Trinajstić information content (AvgIpc) is 2.39. The highest BCUT2D eigenvalue weighted by molar-refractivity contribution is 5.26. The summed E-state index contributed by atoms with van der Waals surface area (Å²) in [5.74, 6) is 0. The third-order valence-corrected chi connectivity index (χ3v) is 3.87. The van der Waals surface area contributed by atoms with E-state index < -0.39 is 6.10 Å². The number of aryl methyl sites for hydroxylation is 1. The Hall–Kier alpha value is -0.970. The molecular formula is C14H22N2O2. The van der Waals surface area contributed by atoms with Crippen LogP contribution >= 0.6 is 0 Å². The number of aromatic nitrogens is 1. The first-order valence-corrected chi connectivity index (χ1v) is 6.45. The second-order valence-corrected chi connectivity index (χ2v) is 5.39.